The van der Waals surface area contributed by atoms with Gasteiger partial charge in [-0.15, -0.1) is 0 Å². The standard InChI is InChI=1S/C10H19NO2/c11-5-3-9-2-1-4-10(8-9)12-6-7-13-10/h9H,1-8,11H2. The Morgan fingerprint density at radius 3 is 2.77 bits per heavy atom. The van der Waals surface area contributed by atoms with E-state index in [1.54, 1.807) is 0 Å². The van der Waals surface area contributed by atoms with Crippen molar-refractivity contribution < 1.29 is 9.47 Å². The van der Waals surface area contributed by atoms with Crippen LogP contribution in [0, 0.1) is 5.92 Å². The van der Waals surface area contributed by atoms with Crippen molar-refractivity contribution in [2.45, 2.75) is 37.9 Å². The minimum absolute atomic E-state index is 0.210. The molecule has 1 aliphatic carbocycles. The van der Waals surface area contributed by atoms with Crippen LogP contribution in [0.25, 0.3) is 0 Å². The number of hydrogen-bond acceptors (Lipinski definition) is 3. The molecule has 1 saturated heterocycles. The quantitative estimate of drug-likeness (QED) is 0.704. The van der Waals surface area contributed by atoms with Crippen LogP contribution in [0.3, 0.4) is 0 Å². The van der Waals surface area contributed by atoms with Crippen LogP contribution >= 0.6 is 0 Å². The van der Waals surface area contributed by atoms with E-state index >= 15 is 0 Å². The van der Waals surface area contributed by atoms with Crippen LogP contribution in [0.1, 0.15) is 32.1 Å². The largest absolute Gasteiger partial charge is 0.348 e. The third-order valence-electron chi connectivity index (χ3n) is 3.16. The van der Waals surface area contributed by atoms with E-state index in [1.807, 2.05) is 0 Å². The zero-order valence-corrected chi connectivity index (χ0v) is 8.13. The number of hydrogen-bond donors (Lipinski definition) is 1. The molecule has 76 valence electrons. The van der Waals surface area contributed by atoms with Crippen LogP contribution in [0.5, 0.6) is 0 Å². The van der Waals surface area contributed by atoms with E-state index in [4.69, 9.17) is 15.2 Å². The van der Waals surface area contributed by atoms with Crippen molar-refractivity contribution >= 4 is 0 Å². The fraction of sp³-hybridized carbons (Fsp3) is 1.00. The van der Waals surface area contributed by atoms with E-state index in [-0.39, 0.29) is 5.79 Å². The summed E-state index contributed by atoms with van der Waals surface area (Å²) in [7, 11) is 0. The van der Waals surface area contributed by atoms with Gasteiger partial charge in [-0.05, 0) is 25.3 Å². The molecule has 0 aromatic rings. The first-order chi connectivity index (χ1) is 6.35. The van der Waals surface area contributed by atoms with Crippen molar-refractivity contribution in [3.05, 3.63) is 0 Å². The molecule has 0 bridgehead atoms. The van der Waals surface area contributed by atoms with E-state index < -0.39 is 0 Å². The summed E-state index contributed by atoms with van der Waals surface area (Å²) in [5.41, 5.74) is 5.56. The summed E-state index contributed by atoms with van der Waals surface area (Å²) in [6.07, 6.45) is 5.78. The van der Waals surface area contributed by atoms with Crippen LogP contribution in [0.2, 0.25) is 0 Å². The Hall–Kier alpha value is -0.120. The highest BCUT2D eigenvalue weighted by Crippen LogP contribution is 2.39. The third kappa shape index (κ3) is 2.03. The molecule has 2 N–H and O–H groups in total. The first kappa shape index (κ1) is 9.44. The maximum atomic E-state index is 5.69. The summed E-state index contributed by atoms with van der Waals surface area (Å²) in [4.78, 5) is 0. The van der Waals surface area contributed by atoms with Gasteiger partial charge in [0.2, 0.25) is 0 Å². The van der Waals surface area contributed by atoms with Gasteiger partial charge in [-0.25, -0.2) is 0 Å². The fourth-order valence-electron chi connectivity index (χ4n) is 2.55. The lowest BCUT2D eigenvalue weighted by molar-refractivity contribution is -0.187. The molecule has 2 fully saturated rings. The molecule has 1 spiro atoms. The Bertz CT molecular complexity index is 164. The summed E-state index contributed by atoms with van der Waals surface area (Å²) < 4.78 is 11.4. The molecule has 0 aromatic carbocycles. The number of nitrogens with two attached hydrogens (primary N) is 1. The molecule has 3 heteroatoms. The van der Waals surface area contributed by atoms with Crippen LogP contribution in [0.4, 0.5) is 0 Å². The van der Waals surface area contributed by atoms with Crippen molar-refractivity contribution in [2.75, 3.05) is 19.8 Å². The molecule has 0 radical (unpaired) electrons. The lowest BCUT2D eigenvalue weighted by atomic mass is 9.83. The second-order valence-corrected chi connectivity index (χ2v) is 4.15. The lowest BCUT2D eigenvalue weighted by Gasteiger charge is -2.36. The van der Waals surface area contributed by atoms with E-state index in [0.29, 0.717) is 0 Å². The smallest absolute Gasteiger partial charge is 0.168 e. The van der Waals surface area contributed by atoms with Crippen molar-refractivity contribution in [3.8, 4) is 0 Å². The molecular formula is C10H19NO2. The Kier molecular flexibility index (Phi) is 2.86. The summed E-state index contributed by atoms with van der Waals surface area (Å²) in [5, 5.41) is 0. The second kappa shape index (κ2) is 3.95. The zero-order chi connectivity index (χ0) is 9.15. The molecule has 1 aliphatic heterocycles. The van der Waals surface area contributed by atoms with E-state index in [0.717, 1.165) is 44.9 Å². The second-order valence-electron chi connectivity index (χ2n) is 4.15. The highest BCUT2D eigenvalue weighted by molar-refractivity contribution is 4.83. The van der Waals surface area contributed by atoms with Crippen molar-refractivity contribution in [1.82, 2.24) is 0 Å². The SMILES string of the molecule is NCCC1CCCC2(C1)OCCO2. The highest BCUT2D eigenvalue weighted by atomic mass is 16.7. The Labute approximate surface area is 79.6 Å². The third-order valence-corrected chi connectivity index (χ3v) is 3.16. The molecule has 2 aliphatic rings. The van der Waals surface area contributed by atoms with Crippen molar-refractivity contribution in [1.29, 1.82) is 0 Å². The average Bonchev–Trinajstić information content (AvgIpc) is 2.54. The highest BCUT2D eigenvalue weighted by Gasteiger charge is 2.40. The van der Waals surface area contributed by atoms with Crippen LogP contribution < -0.4 is 5.73 Å². The van der Waals surface area contributed by atoms with Gasteiger partial charge in [0, 0.05) is 12.8 Å². The molecule has 2 rings (SSSR count). The maximum Gasteiger partial charge on any atom is 0.168 e. The average molecular weight is 185 g/mol. The number of rotatable bonds is 2. The van der Waals surface area contributed by atoms with E-state index in [9.17, 15) is 0 Å². The van der Waals surface area contributed by atoms with Crippen molar-refractivity contribution in [2.24, 2.45) is 11.7 Å². The molecule has 1 unspecified atom stereocenters. The molecule has 1 atom stereocenters. The summed E-state index contributed by atoms with van der Waals surface area (Å²) in [6, 6.07) is 0. The van der Waals surface area contributed by atoms with Gasteiger partial charge < -0.3 is 15.2 Å². The minimum Gasteiger partial charge on any atom is -0.348 e. The predicted molar refractivity (Wildman–Crippen MR) is 50.3 cm³/mol. The molecule has 0 aromatic heterocycles. The number of ether oxygens (including phenoxy) is 2. The summed E-state index contributed by atoms with van der Waals surface area (Å²) >= 11 is 0. The first-order valence-corrected chi connectivity index (χ1v) is 5.33. The van der Waals surface area contributed by atoms with Gasteiger partial charge in [0.15, 0.2) is 5.79 Å². The Morgan fingerprint density at radius 1 is 1.31 bits per heavy atom. The Balaban J connectivity index is 1.90. The van der Waals surface area contributed by atoms with E-state index in [1.165, 1.54) is 12.8 Å². The molecule has 13 heavy (non-hydrogen) atoms. The molecule has 3 nitrogen and oxygen atoms in total. The monoisotopic (exact) mass is 185 g/mol. The topological polar surface area (TPSA) is 44.5 Å². The van der Waals surface area contributed by atoms with Crippen molar-refractivity contribution in [3.63, 3.8) is 0 Å². The summed E-state index contributed by atoms with van der Waals surface area (Å²) in [6.45, 7) is 2.34. The van der Waals surface area contributed by atoms with Gasteiger partial charge in [0.1, 0.15) is 0 Å². The van der Waals surface area contributed by atoms with Gasteiger partial charge >= 0.3 is 0 Å². The first-order valence-electron chi connectivity index (χ1n) is 5.33. The maximum absolute atomic E-state index is 5.69. The van der Waals surface area contributed by atoms with Gasteiger partial charge in [0.25, 0.3) is 0 Å². The van der Waals surface area contributed by atoms with Crippen LogP contribution in [-0.4, -0.2) is 25.5 Å². The predicted octanol–water partition coefficient (Wildman–Crippen LogP) is 1.27. The Morgan fingerprint density at radius 2 is 2.08 bits per heavy atom. The fourth-order valence-corrected chi connectivity index (χ4v) is 2.55. The van der Waals surface area contributed by atoms with Gasteiger partial charge in [0.05, 0.1) is 13.2 Å². The van der Waals surface area contributed by atoms with Crippen LogP contribution in [-0.2, 0) is 9.47 Å². The lowest BCUT2D eigenvalue weighted by Crippen LogP contribution is -2.36. The normalized spacial score (nSPS) is 32.5. The molecular weight excluding hydrogens is 166 g/mol. The van der Waals surface area contributed by atoms with E-state index in [2.05, 4.69) is 0 Å². The zero-order valence-electron chi connectivity index (χ0n) is 8.13. The van der Waals surface area contributed by atoms with Gasteiger partial charge in [-0.1, -0.05) is 6.42 Å². The molecule has 1 saturated carbocycles. The van der Waals surface area contributed by atoms with Crippen LogP contribution in [0.15, 0.2) is 0 Å². The summed E-state index contributed by atoms with van der Waals surface area (Å²) in [5.74, 6) is 0.509. The van der Waals surface area contributed by atoms with Gasteiger partial charge in [-0.2, -0.15) is 0 Å². The molecule has 0 amide bonds. The molecule has 1 heterocycles. The minimum atomic E-state index is -0.210. The van der Waals surface area contributed by atoms with Gasteiger partial charge in [-0.3, -0.25) is 0 Å².